The zero-order valence-electron chi connectivity index (χ0n) is 8.64. The van der Waals surface area contributed by atoms with Gasteiger partial charge < -0.3 is 5.11 Å². The third-order valence-electron chi connectivity index (χ3n) is 2.28. The quantitative estimate of drug-likeness (QED) is 0.843. The maximum absolute atomic E-state index is 10.4. The van der Waals surface area contributed by atoms with Gasteiger partial charge in [0.05, 0.1) is 11.9 Å². The molecule has 2 rings (SSSR count). The van der Waals surface area contributed by atoms with E-state index in [0.717, 1.165) is 4.88 Å². The van der Waals surface area contributed by atoms with Gasteiger partial charge in [-0.05, 0) is 26.0 Å². The standard InChI is InChI=1S/C11H12N2OS/c1-8-3-4-10(15-8)11(2,14)9-7-12-5-6-13-9/h3-7,14H,1-2H3. The average molecular weight is 220 g/mol. The van der Waals surface area contributed by atoms with Gasteiger partial charge in [-0.2, -0.15) is 0 Å². The summed E-state index contributed by atoms with van der Waals surface area (Å²) in [5.74, 6) is 0. The van der Waals surface area contributed by atoms with E-state index in [-0.39, 0.29) is 0 Å². The van der Waals surface area contributed by atoms with Crippen molar-refractivity contribution in [1.29, 1.82) is 0 Å². The van der Waals surface area contributed by atoms with Crippen LogP contribution in [0.2, 0.25) is 0 Å². The number of hydrogen-bond acceptors (Lipinski definition) is 4. The predicted octanol–water partition coefficient (Wildman–Crippen LogP) is 2.10. The van der Waals surface area contributed by atoms with Crippen LogP contribution in [0.5, 0.6) is 0 Å². The molecule has 0 aliphatic carbocycles. The molecule has 0 spiro atoms. The van der Waals surface area contributed by atoms with Gasteiger partial charge in [0, 0.05) is 22.1 Å². The Balaban J connectivity index is 2.43. The molecule has 2 aromatic rings. The first kappa shape index (κ1) is 10.3. The van der Waals surface area contributed by atoms with E-state index in [1.807, 2.05) is 19.1 Å². The number of thiophene rings is 1. The normalized spacial score (nSPS) is 14.9. The third kappa shape index (κ3) is 1.91. The summed E-state index contributed by atoms with van der Waals surface area (Å²) in [6.07, 6.45) is 4.78. The van der Waals surface area contributed by atoms with Crippen LogP contribution in [-0.4, -0.2) is 15.1 Å². The van der Waals surface area contributed by atoms with Gasteiger partial charge >= 0.3 is 0 Å². The summed E-state index contributed by atoms with van der Waals surface area (Å²) in [5.41, 5.74) is -0.473. The molecule has 78 valence electrons. The Morgan fingerprint density at radius 1 is 1.33 bits per heavy atom. The van der Waals surface area contributed by atoms with Crippen molar-refractivity contribution in [1.82, 2.24) is 9.97 Å². The lowest BCUT2D eigenvalue weighted by Gasteiger charge is -2.20. The second kappa shape index (κ2) is 3.72. The van der Waals surface area contributed by atoms with E-state index >= 15 is 0 Å². The zero-order chi connectivity index (χ0) is 10.9. The molecule has 0 radical (unpaired) electrons. The maximum Gasteiger partial charge on any atom is 0.139 e. The van der Waals surface area contributed by atoms with Crippen LogP contribution in [0.4, 0.5) is 0 Å². The van der Waals surface area contributed by atoms with Crippen LogP contribution in [0.1, 0.15) is 22.4 Å². The molecule has 0 aliphatic rings. The Hall–Kier alpha value is -1.26. The highest BCUT2D eigenvalue weighted by Crippen LogP contribution is 2.32. The first-order valence-electron chi connectivity index (χ1n) is 4.66. The number of nitrogens with zero attached hydrogens (tertiary/aromatic N) is 2. The zero-order valence-corrected chi connectivity index (χ0v) is 9.45. The molecule has 2 heterocycles. The van der Waals surface area contributed by atoms with E-state index in [0.29, 0.717) is 5.69 Å². The van der Waals surface area contributed by atoms with Crippen molar-refractivity contribution < 1.29 is 5.11 Å². The molecular weight excluding hydrogens is 208 g/mol. The Morgan fingerprint density at radius 3 is 2.67 bits per heavy atom. The Bertz CT molecular complexity index is 451. The topological polar surface area (TPSA) is 46.0 Å². The molecule has 0 fully saturated rings. The third-order valence-corrected chi connectivity index (χ3v) is 3.49. The lowest BCUT2D eigenvalue weighted by molar-refractivity contribution is 0.101. The first-order valence-corrected chi connectivity index (χ1v) is 5.48. The molecule has 0 aromatic carbocycles. The summed E-state index contributed by atoms with van der Waals surface area (Å²) in [6.45, 7) is 3.75. The fraction of sp³-hybridized carbons (Fsp3) is 0.273. The lowest BCUT2D eigenvalue weighted by Crippen LogP contribution is -2.22. The van der Waals surface area contributed by atoms with Crippen molar-refractivity contribution in [2.75, 3.05) is 0 Å². The predicted molar refractivity (Wildman–Crippen MR) is 59.8 cm³/mol. The maximum atomic E-state index is 10.4. The molecule has 15 heavy (non-hydrogen) atoms. The fourth-order valence-electron chi connectivity index (χ4n) is 1.37. The Labute approximate surface area is 92.5 Å². The first-order chi connectivity index (χ1) is 7.10. The molecule has 2 aromatic heterocycles. The molecule has 0 aliphatic heterocycles. The van der Waals surface area contributed by atoms with E-state index in [1.165, 1.54) is 4.88 Å². The largest absolute Gasteiger partial charge is 0.378 e. The fourth-order valence-corrected chi connectivity index (χ4v) is 2.30. The Morgan fingerprint density at radius 2 is 2.13 bits per heavy atom. The van der Waals surface area contributed by atoms with E-state index < -0.39 is 5.60 Å². The molecular formula is C11H12N2OS. The average Bonchev–Trinajstić information content (AvgIpc) is 2.67. The van der Waals surface area contributed by atoms with Gasteiger partial charge in [0.1, 0.15) is 5.60 Å². The SMILES string of the molecule is Cc1ccc(C(C)(O)c2cnccn2)s1. The number of aryl methyl sites for hydroxylation is 1. The molecule has 0 saturated carbocycles. The molecule has 4 heteroatoms. The molecule has 1 N–H and O–H groups in total. The number of hydrogen-bond donors (Lipinski definition) is 1. The van der Waals surface area contributed by atoms with E-state index in [2.05, 4.69) is 9.97 Å². The van der Waals surface area contributed by atoms with Crippen LogP contribution in [0.3, 0.4) is 0 Å². The van der Waals surface area contributed by atoms with E-state index in [4.69, 9.17) is 0 Å². The van der Waals surface area contributed by atoms with Crippen molar-refractivity contribution in [3.05, 3.63) is 46.2 Å². The minimum Gasteiger partial charge on any atom is -0.378 e. The van der Waals surface area contributed by atoms with Gasteiger partial charge in [-0.15, -0.1) is 11.3 Å². The molecule has 0 bridgehead atoms. The van der Waals surface area contributed by atoms with Crippen LogP contribution in [-0.2, 0) is 5.60 Å². The smallest absolute Gasteiger partial charge is 0.139 e. The minimum absolute atomic E-state index is 0.576. The summed E-state index contributed by atoms with van der Waals surface area (Å²) in [5, 5.41) is 10.4. The van der Waals surface area contributed by atoms with Crippen LogP contribution in [0, 0.1) is 6.92 Å². The number of aliphatic hydroxyl groups is 1. The highest BCUT2D eigenvalue weighted by atomic mass is 32.1. The van der Waals surface area contributed by atoms with Crippen molar-refractivity contribution in [3.8, 4) is 0 Å². The van der Waals surface area contributed by atoms with Gasteiger partial charge in [-0.25, -0.2) is 0 Å². The summed E-state index contributed by atoms with van der Waals surface area (Å²) < 4.78 is 0. The van der Waals surface area contributed by atoms with Gasteiger partial charge in [0.2, 0.25) is 0 Å². The van der Waals surface area contributed by atoms with Gasteiger partial charge in [-0.1, -0.05) is 0 Å². The van der Waals surface area contributed by atoms with Crippen LogP contribution >= 0.6 is 11.3 Å². The molecule has 3 nitrogen and oxygen atoms in total. The van der Waals surface area contributed by atoms with Gasteiger partial charge in [0.25, 0.3) is 0 Å². The Kier molecular flexibility index (Phi) is 2.54. The lowest BCUT2D eigenvalue weighted by atomic mass is 10.0. The van der Waals surface area contributed by atoms with Crippen molar-refractivity contribution in [3.63, 3.8) is 0 Å². The van der Waals surface area contributed by atoms with E-state index in [1.54, 1.807) is 36.9 Å². The van der Waals surface area contributed by atoms with E-state index in [9.17, 15) is 5.11 Å². The van der Waals surface area contributed by atoms with Crippen LogP contribution in [0.15, 0.2) is 30.7 Å². The van der Waals surface area contributed by atoms with Crippen LogP contribution in [0.25, 0.3) is 0 Å². The van der Waals surface area contributed by atoms with Crippen molar-refractivity contribution in [2.24, 2.45) is 0 Å². The number of aromatic nitrogens is 2. The summed E-state index contributed by atoms with van der Waals surface area (Å²) in [4.78, 5) is 10.2. The van der Waals surface area contributed by atoms with Gasteiger partial charge in [0.15, 0.2) is 0 Å². The molecule has 0 saturated heterocycles. The summed E-state index contributed by atoms with van der Waals surface area (Å²) >= 11 is 1.57. The molecule has 1 atom stereocenters. The number of rotatable bonds is 2. The van der Waals surface area contributed by atoms with Crippen molar-refractivity contribution >= 4 is 11.3 Å². The second-order valence-corrected chi connectivity index (χ2v) is 4.86. The highest BCUT2D eigenvalue weighted by molar-refractivity contribution is 7.12. The summed E-state index contributed by atoms with van der Waals surface area (Å²) in [6, 6.07) is 3.92. The summed E-state index contributed by atoms with van der Waals surface area (Å²) in [7, 11) is 0. The molecule has 0 amide bonds. The molecule has 1 unspecified atom stereocenters. The minimum atomic E-state index is -1.05. The van der Waals surface area contributed by atoms with Gasteiger partial charge in [-0.3, -0.25) is 9.97 Å². The van der Waals surface area contributed by atoms with Crippen LogP contribution < -0.4 is 0 Å². The highest BCUT2D eigenvalue weighted by Gasteiger charge is 2.28. The monoisotopic (exact) mass is 220 g/mol. The second-order valence-electron chi connectivity index (χ2n) is 3.57. The van der Waals surface area contributed by atoms with Crippen molar-refractivity contribution in [2.45, 2.75) is 19.4 Å².